The molecule has 1 saturated carbocycles. The summed E-state index contributed by atoms with van der Waals surface area (Å²) >= 11 is 6.00. The molecule has 0 unspecified atom stereocenters. The minimum absolute atomic E-state index is 0.0531. The Morgan fingerprint density at radius 3 is 2.23 bits per heavy atom. The van der Waals surface area contributed by atoms with Gasteiger partial charge in [-0.05, 0) is 72.1 Å². The highest BCUT2D eigenvalue weighted by Gasteiger charge is 2.42. The van der Waals surface area contributed by atoms with Crippen LogP contribution in [0.3, 0.4) is 0 Å². The molecule has 2 fully saturated rings. The fourth-order valence-electron chi connectivity index (χ4n) is 5.53. The summed E-state index contributed by atoms with van der Waals surface area (Å²) in [6.45, 7) is 5.10. The molecule has 1 aliphatic carbocycles. The summed E-state index contributed by atoms with van der Waals surface area (Å²) in [5.74, 6) is 1.16. The van der Waals surface area contributed by atoms with E-state index in [0.29, 0.717) is 5.92 Å². The van der Waals surface area contributed by atoms with E-state index in [4.69, 9.17) is 16.7 Å². The quantitative estimate of drug-likeness (QED) is 0.343. The number of amides is 2. The molecular formula is C32H37ClFN3O3. The second-order valence-electron chi connectivity index (χ2n) is 10.8. The molecule has 8 heteroatoms. The SMILES string of the molecule is CC(=O)NC1(c2ccccc2)CCN(C[C@@H]2C[C@@H]2c2ccc(Cl)cc2)CC1.CN(Cc1ccc(F)cc1)C(=O)O. The summed E-state index contributed by atoms with van der Waals surface area (Å²) in [6, 6.07) is 24.5. The van der Waals surface area contributed by atoms with Crippen LogP contribution in [-0.4, -0.2) is 53.6 Å². The third kappa shape index (κ3) is 8.05. The van der Waals surface area contributed by atoms with Crippen molar-refractivity contribution in [3.8, 4) is 0 Å². The normalized spacial score (nSPS) is 19.6. The molecule has 2 amide bonds. The monoisotopic (exact) mass is 565 g/mol. The van der Waals surface area contributed by atoms with E-state index in [2.05, 4.69) is 46.6 Å². The number of nitrogens with one attached hydrogen (secondary N) is 1. The van der Waals surface area contributed by atoms with Crippen molar-refractivity contribution in [3.63, 3.8) is 0 Å². The smallest absolute Gasteiger partial charge is 0.407 e. The van der Waals surface area contributed by atoms with E-state index in [9.17, 15) is 14.0 Å². The minimum Gasteiger partial charge on any atom is -0.465 e. The van der Waals surface area contributed by atoms with Crippen LogP contribution in [0.1, 0.15) is 48.8 Å². The molecule has 5 rings (SSSR count). The highest BCUT2D eigenvalue weighted by Crippen LogP contribution is 2.48. The Balaban J connectivity index is 0.000000240. The van der Waals surface area contributed by atoms with Crippen LogP contribution >= 0.6 is 11.6 Å². The zero-order chi connectivity index (χ0) is 28.7. The Kier molecular flexibility index (Phi) is 9.82. The first kappa shape index (κ1) is 29.6. The Morgan fingerprint density at radius 1 is 1.02 bits per heavy atom. The minimum atomic E-state index is -0.996. The molecule has 0 aromatic heterocycles. The van der Waals surface area contributed by atoms with Crippen LogP contribution in [0.4, 0.5) is 9.18 Å². The lowest BCUT2D eigenvalue weighted by molar-refractivity contribution is -0.121. The summed E-state index contributed by atoms with van der Waals surface area (Å²) in [7, 11) is 1.46. The Labute approximate surface area is 240 Å². The molecule has 0 bridgehead atoms. The summed E-state index contributed by atoms with van der Waals surface area (Å²) in [4.78, 5) is 26.0. The molecule has 2 aliphatic rings. The van der Waals surface area contributed by atoms with Crippen LogP contribution in [0.15, 0.2) is 78.9 Å². The van der Waals surface area contributed by atoms with Crippen LogP contribution < -0.4 is 5.32 Å². The van der Waals surface area contributed by atoms with Gasteiger partial charge in [0.15, 0.2) is 0 Å². The standard InChI is InChI=1S/C23H27ClN2O.C9H10FNO2/c1-17(27)25-23(20-5-3-2-4-6-20)11-13-26(14-12-23)16-19-15-22(19)18-7-9-21(24)10-8-18;1-11(9(12)13)6-7-2-4-8(10)5-3-7/h2-10,19,22H,11-16H2,1H3,(H,25,27);2-5H,6H2,1H3,(H,12,13)/t19-,22+;/m0./s1. The third-order valence-corrected chi connectivity index (χ3v) is 8.08. The highest BCUT2D eigenvalue weighted by atomic mass is 35.5. The number of likely N-dealkylation sites (tertiary alicyclic amines) is 1. The predicted molar refractivity (Wildman–Crippen MR) is 156 cm³/mol. The van der Waals surface area contributed by atoms with Crippen molar-refractivity contribution >= 4 is 23.6 Å². The third-order valence-electron chi connectivity index (χ3n) is 7.82. The van der Waals surface area contributed by atoms with E-state index >= 15 is 0 Å². The molecule has 1 saturated heterocycles. The largest absolute Gasteiger partial charge is 0.465 e. The zero-order valence-corrected chi connectivity index (χ0v) is 23.8. The summed E-state index contributed by atoms with van der Waals surface area (Å²) in [5, 5.41) is 12.6. The number of rotatable bonds is 7. The second-order valence-corrected chi connectivity index (χ2v) is 11.3. The molecule has 3 aromatic rings. The molecule has 3 aromatic carbocycles. The first-order valence-corrected chi connectivity index (χ1v) is 14.0. The van der Waals surface area contributed by atoms with Crippen LogP contribution in [0.2, 0.25) is 5.02 Å². The van der Waals surface area contributed by atoms with E-state index < -0.39 is 6.09 Å². The average Bonchev–Trinajstić information content (AvgIpc) is 3.71. The number of carbonyl (C=O) groups excluding carboxylic acids is 1. The van der Waals surface area contributed by atoms with E-state index in [1.165, 1.54) is 36.7 Å². The summed E-state index contributed by atoms with van der Waals surface area (Å²) < 4.78 is 12.5. The second kappa shape index (κ2) is 13.3. The van der Waals surface area contributed by atoms with Crippen molar-refractivity contribution in [2.75, 3.05) is 26.7 Å². The maximum Gasteiger partial charge on any atom is 0.407 e. The Bertz CT molecular complexity index is 1260. The number of benzene rings is 3. The van der Waals surface area contributed by atoms with Crippen molar-refractivity contribution in [3.05, 3.63) is 106 Å². The van der Waals surface area contributed by atoms with Gasteiger partial charge in [-0.1, -0.05) is 66.2 Å². The fourth-order valence-corrected chi connectivity index (χ4v) is 5.65. The topological polar surface area (TPSA) is 72.9 Å². The van der Waals surface area contributed by atoms with Gasteiger partial charge in [-0.25, -0.2) is 9.18 Å². The summed E-state index contributed by atoms with van der Waals surface area (Å²) in [5.41, 5.74) is 3.19. The van der Waals surface area contributed by atoms with E-state index in [-0.39, 0.29) is 23.8 Å². The van der Waals surface area contributed by atoms with Gasteiger partial charge in [0.2, 0.25) is 5.91 Å². The van der Waals surface area contributed by atoms with Gasteiger partial charge in [0, 0.05) is 45.2 Å². The first-order valence-electron chi connectivity index (χ1n) is 13.7. The van der Waals surface area contributed by atoms with Crippen molar-refractivity contribution in [2.45, 2.75) is 44.2 Å². The Hall–Kier alpha value is -3.42. The number of hydrogen-bond donors (Lipinski definition) is 2. The van der Waals surface area contributed by atoms with Crippen LogP contribution in [0.25, 0.3) is 0 Å². The lowest BCUT2D eigenvalue weighted by atomic mass is 9.80. The van der Waals surface area contributed by atoms with Crippen LogP contribution in [0.5, 0.6) is 0 Å². The van der Waals surface area contributed by atoms with Gasteiger partial charge in [-0.2, -0.15) is 0 Å². The van der Waals surface area contributed by atoms with E-state index in [0.717, 1.165) is 53.9 Å². The van der Waals surface area contributed by atoms with Crippen LogP contribution in [0, 0.1) is 11.7 Å². The van der Waals surface area contributed by atoms with Crippen molar-refractivity contribution in [2.24, 2.45) is 5.92 Å². The lowest BCUT2D eigenvalue weighted by Gasteiger charge is -2.43. The molecule has 0 radical (unpaired) electrons. The molecule has 0 spiro atoms. The lowest BCUT2D eigenvalue weighted by Crippen LogP contribution is -2.52. The van der Waals surface area contributed by atoms with Gasteiger partial charge in [0.05, 0.1) is 5.54 Å². The van der Waals surface area contributed by atoms with Gasteiger partial charge < -0.3 is 20.2 Å². The predicted octanol–water partition coefficient (Wildman–Crippen LogP) is 6.51. The molecule has 40 heavy (non-hydrogen) atoms. The molecule has 2 atom stereocenters. The number of halogens is 2. The molecule has 1 heterocycles. The van der Waals surface area contributed by atoms with Gasteiger partial charge in [0.25, 0.3) is 0 Å². The van der Waals surface area contributed by atoms with E-state index in [1.807, 2.05) is 18.2 Å². The van der Waals surface area contributed by atoms with E-state index in [1.54, 1.807) is 19.1 Å². The van der Waals surface area contributed by atoms with Crippen molar-refractivity contribution in [1.29, 1.82) is 0 Å². The number of nitrogens with zero attached hydrogens (tertiary/aromatic N) is 2. The average molecular weight is 566 g/mol. The van der Waals surface area contributed by atoms with Gasteiger partial charge in [0.1, 0.15) is 5.82 Å². The zero-order valence-electron chi connectivity index (χ0n) is 23.0. The molecule has 6 nitrogen and oxygen atoms in total. The first-order chi connectivity index (χ1) is 19.1. The fraction of sp³-hybridized carbons (Fsp3) is 0.375. The van der Waals surface area contributed by atoms with Gasteiger partial charge >= 0.3 is 6.09 Å². The highest BCUT2D eigenvalue weighted by molar-refractivity contribution is 6.30. The number of piperidine rings is 1. The molecule has 212 valence electrons. The number of hydrogen-bond acceptors (Lipinski definition) is 3. The van der Waals surface area contributed by atoms with Crippen molar-refractivity contribution < 1.29 is 19.1 Å². The summed E-state index contributed by atoms with van der Waals surface area (Å²) in [6.07, 6.45) is 2.21. The molecular weight excluding hydrogens is 529 g/mol. The van der Waals surface area contributed by atoms with Crippen LogP contribution in [-0.2, 0) is 16.9 Å². The van der Waals surface area contributed by atoms with Gasteiger partial charge in [-0.15, -0.1) is 0 Å². The Morgan fingerprint density at radius 2 is 1.65 bits per heavy atom. The maximum atomic E-state index is 12.5. The van der Waals surface area contributed by atoms with Gasteiger partial charge in [-0.3, -0.25) is 4.79 Å². The number of carboxylic acid groups (broad SMARTS) is 1. The molecule has 2 N–H and O–H groups in total. The maximum absolute atomic E-state index is 12.5. The van der Waals surface area contributed by atoms with Crippen molar-refractivity contribution in [1.82, 2.24) is 15.1 Å². The number of carbonyl (C=O) groups is 2. The molecule has 1 aliphatic heterocycles.